The van der Waals surface area contributed by atoms with E-state index in [-0.39, 0.29) is 8.84 Å². The topological polar surface area (TPSA) is 0 Å². The zero-order chi connectivity index (χ0) is 18.8. The third-order valence-electron chi connectivity index (χ3n) is 6.18. The van der Waals surface area contributed by atoms with Gasteiger partial charge in [0.15, 0.2) is 0 Å². The Balaban J connectivity index is 1.66. The summed E-state index contributed by atoms with van der Waals surface area (Å²) >= 11 is 2.59. The summed E-state index contributed by atoms with van der Waals surface area (Å²) in [5.74, 6) is 0. The molecule has 0 heterocycles. The van der Waals surface area contributed by atoms with E-state index in [0.29, 0.717) is 0 Å². The molecule has 27 heavy (non-hydrogen) atoms. The summed E-state index contributed by atoms with van der Waals surface area (Å²) in [6.07, 6.45) is 6.05. The van der Waals surface area contributed by atoms with Crippen LogP contribution in [0.3, 0.4) is 0 Å². The van der Waals surface area contributed by atoms with Crippen LogP contribution < -0.4 is 0 Å². The van der Waals surface area contributed by atoms with Gasteiger partial charge in [-0.3, -0.25) is 0 Å². The van der Waals surface area contributed by atoms with E-state index >= 15 is 0 Å². The van der Waals surface area contributed by atoms with Crippen LogP contribution in [-0.2, 0) is 5.41 Å². The van der Waals surface area contributed by atoms with Crippen LogP contribution in [-0.4, -0.2) is 3.42 Å². The lowest BCUT2D eigenvalue weighted by molar-refractivity contribution is 0.647. The van der Waals surface area contributed by atoms with Gasteiger partial charge >= 0.3 is 0 Å². The molecule has 2 aliphatic carbocycles. The van der Waals surface area contributed by atoms with Crippen molar-refractivity contribution in [3.63, 3.8) is 0 Å². The van der Waals surface area contributed by atoms with Crippen molar-refractivity contribution in [1.29, 1.82) is 0 Å². The Labute approximate surface area is 175 Å². The average molecular weight is 462 g/mol. The van der Waals surface area contributed by atoms with Gasteiger partial charge in [0.1, 0.15) is 0 Å². The summed E-state index contributed by atoms with van der Waals surface area (Å²) in [6, 6.07) is 22.4. The Morgan fingerprint density at radius 2 is 1.52 bits per heavy atom. The lowest BCUT2D eigenvalue weighted by atomic mass is 9.78. The Morgan fingerprint density at radius 3 is 2.33 bits per heavy atom. The number of allylic oxidation sites excluding steroid dienone is 4. The van der Waals surface area contributed by atoms with Crippen LogP contribution in [0.1, 0.15) is 38.3 Å². The molecule has 0 spiro atoms. The minimum absolute atomic E-state index is 0.0564. The van der Waals surface area contributed by atoms with Crippen LogP contribution in [0.2, 0.25) is 0 Å². The third-order valence-corrected chi connectivity index (χ3v) is 6.93. The molecule has 5 rings (SSSR count). The van der Waals surface area contributed by atoms with E-state index in [1.807, 2.05) is 0 Å². The van der Waals surface area contributed by atoms with Crippen molar-refractivity contribution in [2.45, 2.75) is 36.0 Å². The fraction of sp³-hybridized carbons (Fsp3) is 0.231. The molecule has 0 fully saturated rings. The highest BCUT2D eigenvalue weighted by Gasteiger charge is 2.41. The van der Waals surface area contributed by atoms with Gasteiger partial charge in [-0.1, -0.05) is 97.1 Å². The number of halogens is 1. The van der Waals surface area contributed by atoms with Crippen LogP contribution in [0.15, 0.2) is 78.4 Å². The van der Waals surface area contributed by atoms with Crippen LogP contribution in [0.5, 0.6) is 0 Å². The number of fused-ring (bicyclic) bond motifs is 4. The van der Waals surface area contributed by atoms with E-state index in [1.54, 1.807) is 0 Å². The number of rotatable bonds is 1. The van der Waals surface area contributed by atoms with Gasteiger partial charge in [-0.2, -0.15) is 0 Å². The largest absolute Gasteiger partial charge is 0.0747 e. The second-order valence-corrected chi connectivity index (χ2v) is 11.1. The molecule has 1 heteroatoms. The van der Waals surface area contributed by atoms with E-state index in [4.69, 9.17) is 0 Å². The minimum Gasteiger partial charge on any atom is -0.0747 e. The quantitative estimate of drug-likeness (QED) is 0.257. The highest BCUT2D eigenvalue weighted by molar-refractivity contribution is 14.1. The molecular formula is C26H23I. The van der Waals surface area contributed by atoms with Gasteiger partial charge in [-0.15, -0.1) is 0 Å². The zero-order valence-corrected chi connectivity index (χ0v) is 18.2. The molecule has 134 valence electrons. The van der Waals surface area contributed by atoms with Crippen molar-refractivity contribution >= 4 is 38.9 Å². The van der Waals surface area contributed by atoms with Crippen molar-refractivity contribution < 1.29 is 0 Å². The Hall–Kier alpha value is -1.87. The Morgan fingerprint density at radius 1 is 0.815 bits per heavy atom. The van der Waals surface area contributed by atoms with Gasteiger partial charge in [0.25, 0.3) is 0 Å². The lowest BCUT2D eigenvalue weighted by Gasteiger charge is -2.29. The van der Waals surface area contributed by atoms with Crippen LogP contribution in [0.25, 0.3) is 27.5 Å². The van der Waals surface area contributed by atoms with Crippen LogP contribution >= 0.6 is 22.6 Å². The summed E-state index contributed by atoms with van der Waals surface area (Å²) in [4.78, 5) is 0. The summed E-state index contributed by atoms with van der Waals surface area (Å²) in [6.45, 7) is 7.08. The Kier molecular flexibility index (Phi) is 3.71. The molecule has 1 atom stereocenters. The van der Waals surface area contributed by atoms with E-state index in [1.165, 1.54) is 44.2 Å². The van der Waals surface area contributed by atoms with Gasteiger partial charge in [-0.25, -0.2) is 0 Å². The SMILES string of the molecule is CC1(C)C2=C[C@](C)(I)CC=C2c2ccc(-c3ccc4ccccc4c3)cc21. The lowest BCUT2D eigenvalue weighted by Crippen LogP contribution is -2.22. The molecule has 0 saturated carbocycles. The standard InChI is InChI=1S/C26H23I/c1-25(2)23-15-20(19-9-8-17-6-4-5-7-18(17)14-19)10-11-21(23)22-12-13-26(3,27)16-24(22)25/h4-12,14-16H,13H2,1-3H3/t26-/m1/s1. The van der Waals surface area contributed by atoms with E-state index < -0.39 is 0 Å². The highest BCUT2D eigenvalue weighted by Crippen LogP contribution is 2.54. The molecule has 0 radical (unpaired) electrons. The molecule has 0 amide bonds. The first-order valence-electron chi connectivity index (χ1n) is 9.62. The van der Waals surface area contributed by atoms with Crippen molar-refractivity contribution in [2.75, 3.05) is 0 Å². The van der Waals surface area contributed by atoms with Crippen molar-refractivity contribution in [2.24, 2.45) is 0 Å². The average Bonchev–Trinajstić information content (AvgIpc) is 2.87. The van der Waals surface area contributed by atoms with Crippen molar-refractivity contribution in [3.05, 3.63) is 89.5 Å². The molecule has 0 bridgehead atoms. The maximum absolute atomic E-state index is 2.59. The van der Waals surface area contributed by atoms with E-state index in [2.05, 4.69) is 116 Å². The number of hydrogen-bond donors (Lipinski definition) is 0. The second-order valence-electron chi connectivity index (χ2n) is 8.61. The fourth-order valence-electron chi connectivity index (χ4n) is 4.61. The van der Waals surface area contributed by atoms with Crippen LogP contribution in [0, 0.1) is 0 Å². The molecule has 2 aliphatic rings. The molecule has 0 unspecified atom stereocenters. The monoisotopic (exact) mass is 462 g/mol. The summed E-state index contributed by atoms with van der Waals surface area (Å²) in [5, 5.41) is 2.60. The molecule has 0 nitrogen and oxygen atoms in total. The summed E-state index contributed by atoms with van der Waals surface area (Å²) < 4.78 is 0.219. The molecule has 3 aromatic rings. The third kappa shape index (κ3) is 2.70. The molecule has 0 saturated heterocycles. The molecule has 0 aromatic heterocycles. The predicted octanol–water partition coefficient (Wildman–Crippen LogP) is 7.71. The summed E-state index contributed by atoms with van der Waals surface area (Å²) in [5.41, 5.74) is 8.49. The first-order valence-corrected chi connectivity index (χ1v) is 10.7. The highest BCUT2D eigenvalue weighted by atomic mass is 127. The Bertz CT molecular complexity index is 1140. The maximum Gasteiger partial charge on any atom is 0.0413 e. The van der Waals surface area contributed by atoms with Gasteiger partial charge < -0.3 is 0 Å². The van der Waals surface area contributed by atoms with Crippen molar-refractivity contribution in [1.82, 2.24) is 0 Å². The van der Waals surface area contributed by atoms with E-state index in [0.717, 1.165) is 6.42 Å². The normalized spacial score (nSPS) is 22.8. The zero-order valence-electron chi connectivity index (χ0n) is 16.0. The molecule has 0 aliphatic heterocycles. The number of benzene rings is 3. The summed E-state index contributed by atoms with van der Waals surface area (Å²) in [7, 11) is 0. The van der Waals surface area contributed by atoms with Gasteiger partial charge in [0, 0.05) is 8.84 Å². The second kappa shape index (κ2) is 5.81. The van der Waals surface area contributed by atoms with Crippen LogP contribution in [0.4, 0.5) is 0 Å². The first kappa shape index (κ1) is 17.2. The predicted molar refractivity (Wildman–Crippen MR) is 126 cm³/mol. The first-order chi connectivity index (χ1) is 12.9. The molecule has 3 aromatic carbocycles. The van der Waals surface area contributed by atoms with Gasteiger partial charge in [0.05, 0.1) is 0 Å². The number of alkyl halides is 1. The van der Waals surface area contributed by atoms with E-state index in [9.17, 15) is 0 Å². The van der Waals surface area contributed by atoms with Crippen molar-refractivity contribution in [3.8, 4) is 11.1 Å². The van der Waals surface area contributed by atoms with Gasteiger partial charge in [-0.05, 0) is 69.6 Å². The van der Waals surface area contributed by atoms with Gasteiger partial charge in [0.2, 0.25) is 0 Å². The fourth-order valence-corrected chi connectivity index (χ4v) is 5.14. The maximum atomic E-state index is 2.59. The number of hydrogen-bond acceptors (Lipinski definition) is 0. The smallest absolute Gasteiger partial charge is 0.0413 e. The molecule has 0 N–H and O–H groups in total. The molecular weight excluding hydrogens is 439 g/mol. The minimum atomic E-state index is 0.0564.